The first-order valence-electron chi connectivity index (χ1n) is 8.42. The number of nitrogens with zero attached hydrogens (tertiary/aromatic N) is 2. The zero-order valence-corrected chi connectivity index (χ0v) is 14.4. The molecule has 1 saturated heterocycles. The summed E-state index contributed by atoms with van der Waals surface area (Å²) in [5.74, 6) is 0.358. The van der Waals surface area contributed by atoms with E-state index in [1.807, 2.05) is 6.92 Å². The Morgan fingerprint density at radius 3 is 2.50 bits per heavy atom. The third kappa shape index (κ3) is 7.64. The number of aliphatic imine (C=N–C) groups is 1. The first-order chi connectivity index (χ1) is 10.7. The number of rotatable bonds is 7. The van der Waals surface area contributed by atoms with Gasteiger partial charge in [0.05, 0.1) is 13.0 Å². The Labute approximate surface area is 134 Å². The molecule has 0 aromatic carbocycles. The van der Waals surface area contributed by atoms with E-state index in [2.05, 4.69) is 20.5 Å². The van der Waals surface area contributed by atoms with Crippen molar-refractivity contribution in [1.82, 2.24) is 15.5 Å². The van der Waals surface area contributed by atoms with E-state index >= 15 is 0 Å². The fraction of sp³-hybridized carbons (Fsp3) is 0.875. The van der Waals surface area contributed by atoms with E-state index in [-0.39, 0.29) is 11.9 Å². The van der Waals surface area contributed by atoms with Gasteiger partial charge in [0, 0.05) is 20.1 Å². The van der Waals surface area contributed by atoms with Crippen LogP contribution in [0.1, 0.15) is 39.0 Å². The monoisotopic (exact) mass is 312 g/mol. The van der Waals surface area contributed by atoms with E-state index in [1.54, 1.807) is 7.05 Å². The number of hydrogen-bond donors (Lipinski definition) is 2. The number of carbonyl (C=O) groups is 1. The van der Waals surface area contributed by atoms with Crippen LogP contribution in [0.25, 0.3) is 0 Å². The highest BCUT2D eigenvalue weighted by atomic mass is 16.5. The topological polar surface area (TPSA) is 66.0 Å². The van der Waals surface area contributed by atoms with Crippen LogP contribution >= 0.6 is 0 Å². The molecular weight excluding hydrogens is 280 g/mol. The summed E-state index contributed by atoms with van der Waals surface area (Å²) in [4.78, 5) is 18.1. The van der Waals surface area contributed by atoms with Crippen LogP contribution in [-0.2, 0) is 9.53 Å². The van der Waals surface area contributed by atoms with Crippen LogP contribution in [-0.4, -0.2) is 63.7 Å². The van der Waals surface area contributed by atoms with Gasteiger partial charge >= 0.3 is 5.97 Å². The van der Waals surface area contributed by atoms with Crippen LogP contribution in [0.4, 0.5) is 0 Å². The quantitative estimate of drug-likeness (QED) is 0.320. The summed E-state index contributed by atoms with van der Waals surface area (Å²) in [7, 11) is 3.15. The van der Waals surface area contributed by atoms with Gasteiger partial charge in [0.1, 0.15) is 0 Å². The molecule has 0 aromatic rings. The Morgan fingerprint density at radius 1 is 1.23 bits per heavy atom. The molecule has 22 heavy (non-hydrogen) atoms. The normalized spacial score (nSPS) is 18.4. The van der Waals surface area contributed by atoms with Gasteiger partial charge in [0.15, 0.2) is 5.96 Å². The van der Waals surface area contributed by atoms with Crippen molar-refractivity contribution in [2.75, 3.05) is 46.9 Å². The van der Waals surface area contributed by atoms with Crippen LogP contribution < -0.4 is 10.6 Å². The highest BCUT2D eigenvalue weighted by Crippen LogP contribution is 2.09. The minimum Gasteiger partial charge on any atom is -0.469 e. The summed E-state index contributed by atoms with van der Waals surface area (Å²) in [5, 5.41) is 6.45. The van der Waals surface area contributed by atoms with E-state index in [9.17, 15) is 4.79 Å². The summed E-state index contributed by atoms with van der Waals surface area (Å²) in [6.45, 7) is 6.88. The Bertz CT molecular complexity index is 339. The van der Waals surface area contributed by atoms with Gasteiger partial charge in [-0.1, -0.05) is 19.8 Å². The first kappa shape index (κ1) is 18.7. The van der Waals surface area contributed by atoms with Crippen LogP contribution in [0.15, 0.2) is 4.99 Å². The molecule has 1 fully saturated rings. The van der Waals surface area contributed by atoms with Gasteiger partial charge in [-0.05, 0) is 38.9 Å². The number of likely N-dealkylation sites (tertiary alicyclic amines) is 1. The largest absolute Gasteiger partial charge is 0.469 e. The Kier molecular flexibility index (Phi) is 9.62. The summed E-state index contributed by atoms with van der Waals surface area (Å²) in [6, 6.07) is 0. The number of ether oxygens (including phenoxy) is 1. The molecule has 6 nitrogen and oxygen atoms in total. The lowest BCUT2D eigenvalue weighted by Crippen LogP contribution is -2.41. The number of guanidine groups is 1. The van der Waals surface area contributed by atoms with Gasteiger partial charge in [0.25, 0.3) is 0 Å². The maximum Gasteiger partial charge on any atom is 0.310 e. The zero-order chi connectivity index (χ0) is 16.2. The molecule has 1 aliphatic heterocycles. The third-order valence-electron chi connectivity index (χ3n) is 4.05. The summed E-state index contributed by atoms with van der Waals surface area (Å²) < 4.78 is 4.71. The van der Waals surface area contributed by atoms with Gasteiger partial charge in [0.2, 0.25) is 0 Å². The summed E-state index contributed by atoms with van der Waals surface area (Å²) in [6.07, 6.45) is 6.53. The predicted octanol–water partition coefficient (Wildman–Crippen LogP) is 1.23. The lowest BCUT2D eigenvalue weighted by molar-refractivity contribution is -0.144. The van der Waals surface area contributed by atoms with E-state index < -0.39 is 0 Å². The minimum atomic E-state index is -0.205. The maximum atomic E-state index is 11.3. The SMILES string of the molecule is CN=C(NCCCN1CCCCCC1)NCC(C)C(=O)OC. The molecule has 0 radical (unpaired) electrons. The molecule has 0 saturated carbocycles. The average molecular weight is 312 g/mol. The van der Waals surface area contributed by atoms with E-state index in [0.29, 0.717) is 6.54 Å². The van der Waals surface area contributed by atoms with Crippen molar-refractivity contribution in [3.8, 4) is 0 Å². The van der Waals surface area contributed by atoms with Gasteiger partial charge in [-0.25, -0.2) is 0 Å². The lowest BCUT2D eigenvalue weighted by Gasteiger charge is -2.20. The number of nitrogens with one attached hydrogen (secondary N) is 2. The van der Waals surface area contributed by atoms with Crippen molar-refractivity contribution in [1.29, 1.82) is 0 Å². The van der Waals surface area contributed by atoms with Crippen LogP contribution in [0.3, 0.4) is 0 Å². The van der Waals surface area contributed by atoms with Gasteiger partial charge in [-0.15, -0.1) is 0 Å². The van der Waals surface area contributed by atoms with Crippen molar-refractivity contribution in [2.45, 2.75) is 39.0 Å². The number of carbonyl (C=O) groups excluding carboxylic acids is 1. The maximum absolute atomic E-state index is 11.3. The molecule has 0 aromatic heterocycles. The smallest absolute Gasteiger partial charge is 0.310 e. The Morgan fingerprint density at radius 2 is 1.91 bits per heavy atom. The Balaban J connectivity index is 2.14. The molecule has 0 aliphatic carbocycles. The number of esters is 1. The van der Waals surface area contributed by atoms with Crippen molar-refractivity contribution in [2.24, 2.45) is 10.9 Å². The van der Waals surface area contributed by atoms with Crippen molar-refractivity contribution < 1.29 is 9.53 Å². The molecule has 1 atom stereocenters. The van der Waals surface area contributed by atoms with Crippen molar-refractivity contribution >= 4 is 11.9 Å². The molecule has 2 N–H and O–H groups in total. The molecular formula is C16H32N4O2. The van der Waals surface area contributed by atoms with E-state index in [4.69, 9.17) is 4.74 Å². The van der Waals surface area contributed by atoms with Crippen LogP contribution in [0.2, 0.25) is 0 Å². The predicted molar refractivity (Wildman–Crippen MR) is 90.1 cm³/mol. The van der Waals surface area contributed by atoms with Crippen LogP contribution in [0.5, 0.6) is 0 Å². The zero-order valence-electron chi connectivity index (χ0n) is 14.4. The van der Waals surface area contributed by atoms with E-state index in [1.165, 1.54) is 45.9 Å². The highest BCUT2D eigenvalue weighted by molar-refractivity contribution is 5.80. The van der Waals surface area contributed by atoms with Gasteiger partial charge < -0.3 is 20.3 Å². The van der Waals surface area contributed by atoms with E-state index in [0.717, 1.165) is 25.5 Å². The summed E-state index contributed by atoms with van der Waals surface area (Å²) in [5.41, 5.74) is 0. The lowest BCUT2D eigenvalue weighted by atomic mass is 10.2. The fourth-order valence-electron chi connectivity index (χ4n) is 2.62. The summed E-state index contributed by atoms with van der Waals surface area (Å²) >= 11 is 0. The number of hydrogen-bond acceptors (Lipinski definition) is 4. The molecule has 0 spiro atoms. The molecule has 1 rings (SSSR count). The second kappa shape index (κ2) is 11.3. The highest BCUT2D eigenvalue weighted by Gasteiger charge is 2.13. The van der Waals surface area contributed by atoms with Gasteiger partial charge in [-0.3, -0.25) is 9.79 Å². The van der Waals surface area contributed by atoms with Crippen molar-refractivity contribution in [3.05, 3.63) is 0 Å². The second-order valence-electron chi connectivity index (χ2n) is 5.91. The minimum absolute atomic E-state index is 0.180. The third-order valence-corrected chi connectivity index (χ3v) is 4.05. The first-order valence-corrected chi connectivity index (χ1v) is 8.42. The molecule has 0 bridgehead atoms. The molecule has 1 heterocycles. The standard InChI is InChI=1S/C16H32N4O2/c1-14(15(21)22-3)13-19-16(17-2)18-9-8-12-20-10-6-4-5-7-11-20/h14H,4-13H2,1-3H3,(H2,17,18,19). The second-order valence-corrected chi connectivity index (χ2v) is 5.91. The van der Waals surface area contributed by atoms with Crippen molar-refractivity contribution in [3.63, 3.8) is 0 Å². The molecule has 0 amide bonds. The fourth-order valence-corrected chi connectivity index (χ4v) is 2.62. The molecule has 1 aliphatic rings. The van der Waals surface area contributed by atoms with Gasteiger partial charge in [-0.2, -0.15) is 0 Å². The number of methoxy groups -OCH3 is 1. The molecule has 1 unspecified atom stereocenters. The molecule has 6 heteroatoms. The Hall–Kier alpha value is -1.30. The van der Waals surface area contributed by atoms with Crippen LogP contribution in [0, 0.1) is 5.92 Å². The average Bonchev–Trinajstić information content (AvgIpc) is 2.81. The molecule has 128 valence electrons.